The zero-order valence-electron chi connectivity index (χ0n) is 8.78. The number of hydrogen-bond donors (Lipinski definition) is 1. The number of hydrogen-bond acceptors (Lipinski definition) is 6. The van der Waals surface area contributed by atoms with Gasteiger partial charge in [-0.05, 0) is 19.1 Å². The fourth-order valence-corrected chi connectivity index (χ4v) is 1.79. The summed E-state index contributed by atoms with van der Waals surface area (Å²) in [4.78, 5) is 11.5. The summed E-state index contributed by atoms with van der Waals surface area (Å²) < 4.78 is 9.62. The third-order valence-electron chi connectivity index (χ3n) is 1.61. The Morgan fingerprint density at radius 1 is 1.60 bits per heavy atom. The van der Waals surface area contributed by atoms with Gasteiger partial charge in [-0.2, -0.15) is 0 Å². The van der Waals surface area contributed by atoms with Crippen molar-refractivity contribution in [3.63, 3.8) is 0 Å². The Kier molecular flexibility index (Phi) is 4.48. The topological polar surface area (TPSA) is 78.4 Å². The third kappa shape index (κ3) is 2.89. The van der Waals surface area contributed by atoms with Gasteiger partial charge in [-0.1, -0.05) is 12.1 Å². The number of carbonyl (C=O) groups is 1. The molecule has 0 fully saturated rings. The zero-order chi connectivity index (χ0) is 11.3. The number of ether oxygens (including phenoxy) is 1. The summed E-state index contributed by atoms with van der Waals surface area (Å²) in [5, 5.41) is 4.23. The molecule has 0 aliphatic rings. The number of thioether (sulfide) groups is 1. The lowest BCUT2D eigenvalue weighted by Gasteiger charge is -2.00. The van der Waals surface area contributed by atoms with Crippen LogP contribution in [-0.2, 0) is 4.74 Å². The lowest BCUT2D eigenvalue weighted by Crippen LogP contribution is -2.07. The number of carbonyl (C=O) groups excluding carboxylic acids is 1. The first-order valence-corrected chi connectivity index (χ1v) is 5.74. The van der Waals surface area contributed by atoms with E-state index < -0.39 is 5.97 Å². The standard InChI is InChI=1S/C9H14N2O3S/c1-3-5-15-8-6(7(10)14-11-8)9(12)13-4-2/h3-5,10H2,1-2H3. The second kappa shape index (κ2) is 5.65. The van der Waals surface area contributed by atoms with Gasteiger partial charge in [0.15, 0.2) is 10.6 Å². The molecule has 0 aliphatic carbocycles. The molecule has 0 saturated heterocycles. The van der Waals surface area contributed by atoms with Crippen LogP contribution in [-0.4, -0.2) is 23.5 Å². The number of nitrogens with zero attached hydrogens (tertiary/aromatic N) is 1. The molecule has 0 bridgehead atoms. The van der Waals surface area contributed by atoms with Crippen LogP contribution in [0.2, 0.25) is 0 Å². The van der Waals surface area contributed by atoms with Gasteiger partial charge in [0.25, 0.3) is 0 Å². The second-order valence-electron chi connectivity index (χ2n) is 2.80. The van der Waals surface area contributed by atoms with Gasteiger partial charge in [-0.25, -0.2) is 4.79 Å². The monoisotopic (exact) mass is 230 g/mol. The van der Waals surface area contributed by atoms with E-state index in [-0.39, 0.29) is 11.4 Å². The molecule has 1 aromatic heterocycles. The lowest BCUT2D eigenvalue weighted by molar-refractivity contribution is 0.0523. The zero-order valence-corrected chi connectivity index (χ0v) is 9.60. The average Bonchev–Trinajstić information content (AvgIpc) is 2.57. The highest BCUT2D eigenvalue weighted by Crippen LogP contribution is 2.27. The smallest absolute Gasteiger partial charge is 0.346 e. The van der Waals surface area contributed by atoms with E-state index in [4.69, 9.17) is 15.0 Å². The predicted octanol–water partition coefficient (Wildman–Crippen LogP) is 1.94. The maximum absolute atomic E-state index is 11.5. The van der Waals surface area contributed by atoms with Crippen LogP contribution in [0, 0.1) is 0 Å². The number of nitrogens with two attached hydrogens (primary N) is 1. The van der Waals surface area contributed by atoms with Crippen molar-refractivity contribution in [1.82, 2.24) is 5.16 Å². The first kappa shape index (κ1) is 11.9. The van der Waals surface area contributed by atoms with Gasteiger partial charge in [-0.15, -0.1) is 11.8 Å². The molecule has 0 aliphatic heterocycles. The Labute approximate surface area is 92.3 Å². The van der Waals surface area contributed by atoms with Crippen LogP contribution >= 0.6 is 11.8 Å². The van der Waals surface area contributed by atoms with E-state index in [9.17, 15) is 4.79 Å². The highest BCUT2D eigenvalue weighted by atomic mass is 32.2. The molecule has 15 heavy (non-hydrogen) atoms. The van der Waals surface area contributed by atoms with Crippen LogP contribution in [0.3, 0.4) is 0 Å². The molecule has 5 nitrogen and oxygen atoms in total. The summed E-state index contributed by atoms with van der Waals surface area (Å²) in [6.07, 6.45) is 0.986. The molecule has 0 radical (unpaired) electrons. The highest BCUT2D eigenvalue weighted by Gasteiger charge is 2.22. The van der Waals surface area contributed by atoms with E-state index >= 15 is 0 Å². The Bertz CT molecular complexity index is 338. The largest absolute Gasteiger partial charge is 0.462 e. The highest BCUT2D eigenvalue weighted by molar-refractivity contribution is 7.99. The maximum Gasteiger partial charge on any atom is 0.346 e. The molecule has 84 valence electrons. The molecule has 6 heteroatoms. The van der Waals surface area contributed by atoms with E-state index in [0.717, 1.165) is 12.2 Å². The Hall–Kier alpha value is -1.17. The van der Waals surface area contributed by atoms with Gasteiger partial charge in [0.2, 0.25) is 5.88 Å². The molecule has 0 unspecified atom stereocenters. The van der Waals surface area contributed by atoms with E-state index in [1.165, 1.54) is 11.8 Å². The number of esters is 1. The molecular formula is C9H14N2O3S. The normalized spacial score (nSPS) is 10.3. The minimum atomic E-state index is -0.477. The molecule has 1 aromatic rings. The number of anilines is 1. The Balaban J connectivity index is 2.83. The van der Waals surface area contributed by atoms with Crippen LogP contribution in [0.5, 0.6) is 0 Å². The summed E-state index contributed by atoms with van der Waals surface area (Å²) in [5.74, 6) is 0.403. The molecule has 0 aromatic carbocycles. The van der Waals surface area contributed by atoms with Crippen LogP contribution in [0.1, 0.15) is 30.6 Å². The summed E-state index contributed by atoms with van der Waals surface area (Å²) in [6.45, 7) is 4.09. The Morgan fingerprint density at radius 3 is 2.93 bits per heavy atom. The lowest BCUT2D eigenvalue weighted by atomic mass is 10.3. The van der Waals surface area contributed by atoms with Crippen molar-refractivity contribution in [2.75, 3.05) is 18.1 Å². The summed E-state index contributed by atoms with van der Waals surface area (Å²) >= 11 is 1.44. The van der Waals surface area contributed by atoms with Gasteiger partial charge in [0.05, 0.1) is 6.61 Å². The predicted molar refractivity (Wildman–Crippen MR) is 57.9 cm³/mol. The van der Waals surface area contributed by atoms with Crippen LogP contribution < -0.4 is 5.73 Å². The summed E-state index contributed by atoms with van der Waals surface area (Å²) in [6, 6.07) is 0. The summed E-state index contributed by atoms with van der Waals surface area (Å²) in [5.41, 5.74) is 5.75. The van der Waals surface area contributed by atoms with E-state index in [0.29, 0.717) is 11.6 Å². The second-order valence-corrected chi connectivity index (χ2v) is 3.88. The van der Waals surface area contributed by atoms with Gasteiger partial charge in [0.1, 0.15) is 0 Å². The van der Waals surface area contributed by atoms with Crippen molar-refractivity contribution in [1.29, 1.82) is 0 Å². The van der Waals surface area contributed by atoms with E-state index in [1.807, 2.05) is 6.92 Å². The molecule has 0 saturated carbocycles. The fraction of sp³-hybridized carbons (Fsp3) is 0.556. The summed E-state index contributed by atoms with van der Waals surface area (Å²) in [7, 11) is 0. The average molecular weight is 230 g/mol. The molecule has 0 spiro atoms. The molecule has 1 rings (SSSR count). The SMILES string of the molecule is CCCSc1noc(N)c1C(=O)OCC. The number of aromatic nitrogens is 1. The van der Waals surface area contributed by atoms with Crippen molar-refractivity contribution >= 4 is 23.6 Å². The van der Waals surface area contributed by atoms with Crippen LogP contribution in [0.4, 0.5) is 5.88 Å². The van der Waals surface area contributed by atoms with Gasteiger partial charge >= 0.3 is 5.97 Å². The first-order valence-electron chi connectivity index (χ1n) is 4.75. The minimum Gasteiger partial charge on any atom is -0.462 e. The molecule has 0 amide bonds. The maximum atomic E-state index is 11.5. The number of rotatable bonds is 5. The van der Waals surface area contributed by atoms with E-state index in [1.54, 1.807) is 6.92 Å². The molecule has 2 N–H and O–H groups in total. The van der Waals surface area contributed by atoms with E-state index in [2.05, 4.69) is 5.16 Å². The molecule has 0 atom stereocenters. The van der Waals surface area contributed by atoms with Gasteiger partial charge in [0, 0.05) is 0 Å². The van der Waals surface area contributed by atoms with Crippen molar-refractivity contribution in [2.24, 2.45) is 0 Å². The van der Waals surface area contributed by atoms with Crippen molar-refractivity contribution in [3.8, 4) is 0 Å². The Morgan fingerprint density at radius 2 is 2.33 bits per heavy atom. The fourth-order valence-electron chi connectivity index (χ4n) is 0.976. The molecule has 1 heterocycles. The van der Waals surface area contributed by atoms with Crippen molar-refractivity contribution in [2.45, 2.75) is 25.3 Å². The quantitative estimate of drug-likeness (QED) is 0.615. The van der Waals surface area contributed by atoms with Gasteiger partial charge in [-0.3, -0.25) is 0 Å². The first-order chi connectivity index (χ1) is 7.20. The van der Waals surface area contributed by atoms with Gasteiger partial charge < -0.3 is 15.0 Å². The number of nitrogen functional groups attached to an aromatic ring is 1. The van der Waals surface area contributed by atoms with Crippen LogP contribution in [0.25, 0.3) is 0 Å². The van der Waals surface area contributed by atoms with Crippen molar-refractivity contribution < 1.29 is 14.1 Å². The van der Waals surface area contributed by atoms with Crippen molar-refractivity contribution in [3.05, 3.63) is 5.56 Å². The third-order valence-corrected chi connectivity index (χ3v) is 2.77. The molecular weight excluding hydrogens is 216 g/mol. The van der Waals surface area contributed by atoms with Crippen LogP contribution in [0.15, 0.2) is 9.55 Å². The minimum absolute atomic E-state index is 0.0204.